The lowest BCUT2D eigenvalue weighted by atomic mass is 10.0. The first kappa shape index (κ1) is 18.8. The number of carbonyl (C=O) groups is 1. The Bertz CT molecular complexity index is 702. The van der Waals surface area contributed by atoms with E-state index in [0.29, 0.717) is 6.42 Å². The molecule has 0 unspecified atom stereocenters. The number of rotatable bonds is 8. The van der Waals surface area contributed by atoms with Gasteiger partial charge in [-0.25, -0.2) is 8.42 Å². The summed E-state index contributed by atoms with van der Waals surface area (Å²) in [5, 5.41) is 20.1. The van der Waals surface area contributed by atoms with Gasteiger partial charge in [0.05, 0.1) is 16.9 Å². The molecule has 9 nitrogen and oxygen atoms in total. The highest BCUT2D eigenvalue weighted by molar-refractivity contribution is 7.89. The topological polar surface area (TPSA) is 136 Å². The van der Waals surface area contributed by atoms with E-state index in [4.69, 9.17) is 9.84 Å². The number of benzene rings is 1. The zero-order chi connectivity index (χ0) is 17.8. The summed E-state index contributed by atoms with van der Waals surface area (Å²) < 4.78 is 31.5. The van der Waals surface area contributed by atoms with Crippen LogP contribution in [0.25, 0.3) is 0 Å². The van der Waals surface area contributed by atoms with Crippen LogP contribution in [0.15, 0.2) is 23.1 Å². The first-order chi connectivity index (χ1) is 10.6. The van der Waals surface area contributed by atoms with E-state index in [0.717, 1.165) is 18.2 Å². The predicted molar refractivity (Wildman–Crippen MR) is 80.8 cm³/mol. The molecular formula is C13H18N2O7S. The minimum absolute atomic E-state index is 0.0920. The molecule has 0 radical (unpaired) electrons. The van der Waals surface area contributed by atoms with E-state index in [-0.39, 0.29) is 5.75 Å². The monoisotopic (exact) mass is 346 g/mol. The molecule has 0 heterocycles. The van der Waals surface area contributed by atoms with Gasteiger partial charge < -0.3 is 9.84 Å². The van der Waals surface area contributed by atoms with Crippen LogP contribution in [0.2, 0.25) is 0 Å². The zero-order valence-electron chi connectivity index (χ0n) is 12.8. The summed E-state index contributed by atoms with van der Waals surface area (Å²) in [6.07, 6.45) is 0.447. The minimum Gasteiger partial charge on any atom is -0.490 e. The summed E-state index contributed by atoms with van der Waals surface area (Å²) in [6.45, 7) is 3.32. The molecule has 0 aliphatic carbocycles. The number of sulfonamides is 1. The molecular weight excluding hydrogens is 328 g/mol. The van der Waals surface area contributed by atoms with E-state index < -0.39 is 43.5 Å². The average Bonchev–Trinajstić information content (AvgIpc) is 2.50. The molecule has 1 rings (SSSR count). The highest BCUT2D eigenvalue weighted by Crippen LogP contribution is 2.29. The van der Waals surface area contributed by atoms with Crippen molar-refractivity contribution in [3.63, 3.8) is 0 Å². The number of nitrogens with zero attached hydrogens (tertiary/aromatic N) is 1. The van der Waals surface area contributed by atoms with Crippen LogP contribution in [0.5, 0.6) is 5.75 Å². The predicted octanol–water partition coefficient (Wildman–Crippen LogP) is 1.38. The molecule has 0 aliphatic rings. The summed E-state index contributed by atoms with van der Waals surface area (Å²) in [7, 11) is -3.01. The van der Waals surface area contributed by atoms with Crippen LogP contribution < -0.4 is 9.46 Å². The molecule has 2 N–H and O–H groups in total. The Labute approximate surface area is 133 Å². The van der Waals surface area contributed by atoms with Gasteiger partial charge in [0.2, 0.25) is 10.0 Å². The van der Waals surface area contributed by atoms with E-state index in [9.17, 15) is 23.3 Å². The highest BCUT2D eigenvalue weighted by atomic mass is 32.2. The second-order valence-electron chi connectivity index (χ2n) is 4.91. The number of nitro groups is 1. The van der Waals surface area contributed by atoms with Crippen LogP contribution in [-0.2, 0) is 14.8 Å². The highest BCUT2D eigenvalue weighted by Gasteiger charge is 2.30. The number of nitrogens with one attached hydrogen (secondary N) is 1. The van der Waals surface area contributed by atoms with E-state index in [1.165, 1.54) is 7.11 Å². The molecule has 0 aliphatic heterocycles. The number of ether oxygens (including phenoxy) is 1. The number of nitro benzene ring substituents is 1. The van der Waals surface area contributed by atoms with Crippen molar-refractivity contribution in [3.8, 4) is 5.75 Å². The summed E-state index contributed by atoms with van der Waals surface area (Å²) in [4.78, 5) is 21.0. The van der Waals surface area contributed by atoms with Crippen molar-refractivity contribution in [2.24, 2.45) is 5.92 Å². The lowest BCUT2D eigenvalue weighted by molar-refractivity contribution is -0.386. The number of aliphatic carboxylic acids is 1. The molecule has 0 amide bonds. The first-order valence-electron chi connectivity index (χ1n) is 6.71. The SMILES string of the molecule is CC[C@H](C)[C@H](NS(=O)(=O)c1ccc(OC)c([N+](=O)[O-])c1)C(=O)O. The third-order valence-corrected chi connectivity index (χ3v) is 4.86. The second-order valence-corrected chi connectivity index (χ2v) is 6.63. The van der Waals surface area contributed by atoms with Crippen LogP contribution in [0.1, 0.15) is 20.3 Å². The number of carboxylic acid groups (broad SMARTS) is 1. The molecule has 0 aromatic heterocycles. The maximum absolute atomic E-state index is 12.3. The van der Waals surface area contributed by atoms with Crippen molar-refractivity contribution in [2.75, 3.05) is 7.11 Å². The maximum Gasteiger partial charge on any atom is 0.322 e. The van der Waals surface area contributed by atoms with Gasteiger partial charge in [0.25, 0.3) is 0 Å². The average molecular weight is 346 g/mol. The molecule has 1 aromatic carbocycles. The van der Waals surface area contributed by atoms with Crippen LogP contribution in [0, 0.1) is 16.0 Å². The summed E-state index contributed by atoms with van der Waals surface area (Å²) >= 11 is 0. The Balaban J connectivity index is 3.25. The second kappa shape index (κ2) is 7.38. The molecule has 0 saturated carbocycles. The first-order valence-corrected chi connectivity index (χ1v) is 8.20. The Hall–Kier alpha value is -2.20. The third-order valence-electron chi connectivity index (χ3n) is 3.42. The van der Waals surface area contributed by atoms with Gasteiger partial charge in [0.1, 0.15) is 6.04 Å². The van der Waals surface area contributed by atoms with Gasteiger partial charge in [-0.15, -0.1) is 0 Å². The fraction of sp³-hybridized carbons (Fsp3) is 0.462. The molecule has 0 spiro atoms. The van der Waals surface area contributed by atoms with Crippen molar-refractivity contribution >= 4 is 21.7 Å². The summed E-state index contributed by atoms with van der Waals surface area (Å²) in [5.74, 6) is -1.85. The van der Waals surface area contributed by atoms with E-state index >= 15 is 0 Å². The van der Waals surface area contributed by atoms with Crippen LogP contribution in [0.4, 0.5) is 5.69 Å². The minimum atomic E-state index is -4.23. The third kappa shape index (κ3) is 4.39. The van der Waals surface area contributed by atoms with Crippen molar-refractivity contribution < 1.29 is 28.0 Å². The van der Waals surface area contributed by atoms with E-state index in [1.54, 1.807) is 13.8 Å². The van der Waals surface area contributed by atoms with Crippen molar-refractivity contribution in [1.29, 1.82) is 0 Å². The van der Waals surface area contributed by atoms with E-state index in [2.05, 4.69) is 4.72 Å². The Kier molecular flexibility index (Phi) is 6.05. The van der Waals surface area contributed by atoms with E-state index in [1.807, 2.05) is 0 Å². The quantitative estimate of drug-likeness (QED) is 0.536. The van der Waals surface area contributed by atoms with Crippen molar-refractivity contribution in [2.45, 2.75) is 31.2 Å². The van der Waals surface area contributed by atoms with Gasteiger partial charge in [-0.05, 0) is 18.1 Å². The lowest BCUT2D eigenvalue weighted by Crippen LogP contribution is -2.44. The largest absolute Gasteiger partial charge is 0.490 e. The van der Waals surface area contributed by atoms with Gasteiger partial charge in [-0.3, -0.25) is 14.9 Å². The summed E-state index contributed by atoms with van der Waals surface area (Å²) in [6, 6.07) is 1.76. The maximum atomic E-state index is 12.3. The molecule has 23 heavy (non-hydrogen) atoms. The fourth-order valence-corrected chi connectivity index (χ4v) is 3.18. The standard InChI is InChI=1S/C13H18N2O7S/c1-4-8(2)12(13(16)17)14-23(20,21)9-5-6-11(22-3)10(7-9)15(18)19/h5-8,12,14H,4H2,1-3H3,(H,16,17)/t8-,12-/m0/s1. The van der Waals surface area contributed by atoms with Gasteiger partial charge >= 0.3 is 11.7 Å². The zero-order valence-corrected chi connectivity index (χ0v) is 13.7. The van der Waals surface area contributed by atoms with Gasteiger partial charge in [-0.2, -0.15) is 4.72 Å². The Morgan fingerprint density at radius 1 is 1.48 bits per heavy atom. The summed E-state index contributed by atoms with van der Waals surface area (Å²) in [5.41, 5.74) is -0.522. The van der Waals surface area contributed by atoms with Crippen LogP contribution >= 0.6 is 0 Å². The van der Waals surface area contributed by atoms with Gasteiger partial charge in [0, 0.05) is 6.07 Å². The van der Waals surface area contributed by atoms with Crippen LogP contribution in [0.3, 0.4) is 0 Å². The lowest BCUT2D eigenvalue weighted by Gasteiger charge is -2.20. The Morgan fingerprint density at radius 2 is 2.09 bits per heavy atom. The molecule has 0 bridgehead atoms. The molecule has 0 fully saturated rings. The normalized spacial score (nSPS) is 14.0. The Morgan fingerprint density at radius 3 is 2.52 bits per heavy atom. The van der Waals surface area contributed by atoms with Crippen molar-refractivity contribution in [1.82, 2.24) is 4.72 Å². The number of methoxy groups -OCH3 is 1. The number of carboxylic acids is 1. The molecule has 10 heteroatoms. The smallest absolute Gasteiger partial charge is 0.322 e. The number of hydrogen-bond acceptors (Lipinski definition) is 6. The fourth-order valence-electron chi connectivity index (χ4n) is 1.86. The van der Waals surface area contributed by atoms with Gasteiger partial charge in [0.15, 0.2) is 5.75 Å². The molecule has 2 atom stereocenters. The molecule has 0 saturated heterocycles. The molecule has 1 aromatic rings. The number of hydrogen-bond donors (Lipinski definition) is 2. The molecule has 128 valence electrons. The van der Waals surface area contributed by atoms with Crippen LogP contribution in [-0.4, -0.2) is 37.6 Å². The van der Waals surface area contributed by atoms with Gasteiger partial charge in [-0.1, -0.05) is 20.3 Å². The van der Waals surface area contributed by atoms with Crippen molar-refractivity contribution in [3.05, 3.63) is 28.3 Å².